The van der Waals surface area contributed by atoms with Gasteiger partial charge in [-0.1, -0.05) is 57.2 Å². The van der Waals surface area contributed by atoms with Crippen molar-refractivity contribution in [2.45, 2.75) is 46.3 Å². The van der Waals surface area contributed by atoms with Gasteiger partial charge in [-0.05, 0) is 41.7 Å². The summed E-state index contributed by atoms with van der Waals surface area (Å²) in [6, 6.07) is 17.1. The summed E-state index contributed by atoms with van der Waals surface area (Å²) in [5, 5.41) is 13.6. The summed E-state index contributed by atoms with van der Waals surface area (Å²) in [7, 11) is 0. The average Bonchev–Trinajstić information content (AvgIpc) is 2.99. The van der Waals surface area contributed by atoms with Crippen molar-refractivity contribution in [3.63, 3.8) is 0 Å². The molecule has 28 heavy (non-hydrogen) atoms. The molecule has 0 unspecified atom stereocenters. The summed E-state index contributed by atoms with van der Waals surface area (Å²) in [6.45, 7) is 11.0. The van der Waals surface area contributed by atoms with Crippen molar-refractivity contribution in [1.29, 1.82) is 0 Å². The number of fused-ring (bicyclic) bond motifs is 5. The van der Waals surface area contributed by atoms with Gasteiger partial charge in [0.05, 0.1) is 12.6 Å². The van der Waals surface area contributed by atoms with Gasteiger partial charge in [-0.3, -0.25) is 4.90 Å². The van der Waals surface area contributed by atoms with Gasteiger partial charge in [0, 0.05) is 41.4 Å². The van der Waals surface area contributed by atoms with E-state index in [-0.39, 0.29) is 6.10 Å². The van der Waals surface area contributed by atoms with Crippen LogP contribution in [0.2, 0.25) is 0 Å². The molecule has 3 atom stereocenters. The fraction of sp³-hybridized carbons (Fsp3) is 0.520. The molecule has 1 N–H and O–H groups in total. The molecule has 5 rings (SSSR count). The minimum Gasteiger partial charge on any atom is -0.390 e. The minimum absolute atomic E-state index is 0.358. The summed E-state index contributed by atoms with van der Waals surface area (Å²) >= 11 is 0. The number of rotatable bonds is 4. The molecule has 2 aromatic carbocycles. The Morgan fingerprint density at radius 3 is 2.18 bits per heavy atom. The molecule has 1 aliphatic heterocycles. The van der Waals surface area contributed by atoms with Crippen LogP contribution in [-0.2, 0) is 6.54 Å². The Labute approximate surface area is 168 Å². The van der Waals surface area contributed by atoms with Gasteiger partial charge in [-0.2, -0.15) is 0 Å². The third-order valence-corrected chi connectivity index (χ3v) is 8.21. The fourth-order valence-corrected chi connectivity index (χ4v) is 6.05. The summed E-state index contributed by atoms with van der Waals surface area (Å²) < 4.78 is 2.31. The minimum atomic E-state index is -0.358. The number of aliphatic hydroxyl groups is 1. The highest BCUT2D eigenvalue weighted by Gasteiger charge is 2.55. The molecule has 2 bridgehead atoms. The largest absolute Gasteiger partial charge is 0.390 e. The van der Waals surface area contributed by atoms with Gasteiger partial charge in [0.2, 0.25) is 0 Å². The first-order valence-electron chi connectivity index (χ1n) is 10.8. The highest BCUT2D eigenvalue weighted by atomic mass is 16.3. The number of hydrogen-bond acceptors (Lipinski definition) is 2. The first-order valence-corrected chi connectivity index (χ1v) is 10.8. The summed E-state index contributed by atoms with van der Waals surface area (Å²) in [5.74, 6) is 0.756. The molecule has 2 fully saturated rings. The lowest BCUT2D eigenvalue weighted by Crippen LogP contribution is -2.53. The molecular formula is C25H32N2O. The van der Waals surface area contributed by atoms with Crippen LogP contribution >= 0.6 is 0 Å². The van der Waals surface area contributed by atoms with Gasteiger partial charge < -0.3 is 9.67 Å². The quantitative estimate of drug-likeness (QED) is 0.700. The van der Waals surface area contributed by atoms with Crippen LogP contribution in [0.4, 0.5) is 0 Å². The lowest BCUT2D eigenvalue weighted by atomic mass is 9.63. The van der Waals surface area contributed by atoms with Crippen LogP contribution in [0.5, 0.6) is 0 Å². The van der Waals surface area contributed by atoms with Crippen LogP contribution in [0.3, 0.4) is 0 Å². The maximum absolute atomic E-state index is 11.0. The Balaban J connectivity index is 1.39. The SMILES string of the molecule is CC1(C)[C@H]2CC[C@]1(C)CN(C[C@@H](O)Cn1c3ccccc3c3ccccc31)C2. The molecule has 1 aromatic heterocycles. The summed E-state index contributed by atoms with van der Waals surface area (Å²) in [6.07, 6.45) is 2.30. The van der Waals surface area contributed by atoms with Crippen molar-refractivity contribution in [3.05, 3.63) is 48.5 Å². The van der Waals surface area contributed by atoms with Crippen LogP contribution in [0, 0.1) is 16.7 Å². The molecule has 0 spiro atoms. The second-order valence-electron chi connectivity index (χ2n) is 10.0. The zero-order valence-electron chi connectivity index (χ0n) is 17.4. The lowest BCUT2D eigenvalue weighted by molar-refractivity contribution is -0.0345. The maximum atomic E-state index is 11.0. The number of benzene rings is 2. The number of β-amino-alcohol motifs (C(OH)–C–C–N with tert-alkyl or cyclic N) is 1. The second-order valence-corrected chi connectivity index (χ2v) is 10.0. The molecule has 3 aromatic rings. The van der Waals surface area contributed by atoms with Gasteiger partial charge in [0.25, 0.3) is 0 Å². The van der Waals surface area contributed by atoms with E-state index in [1.165, 1.54) is 34.6 Å². The molecule has 3 nitrogen and oxygen atoms in total. The number of hydrogen-bond donors (Lipinski definition) is 1. The highest BCUT2D eigenvalue weighted by molar-refractivity contribution is 6.07. The van der Waals surface area contributed by atoms with Crippen molar-refractivity contribution in [2.24, 2.45) is 16.7 Å². The number of piperidine rings is 1. The van der Waals surface area contributed by atoms with Crippen LogP contribution in [-0.4, -0.2) is 40.3 Å². The van der Waals surface area contributed by atoms with E-state index in [0.29, 0.717) is 17.4 Å². The molecule has 2 heterocycles. The molecule has 1 saturated carbocycles. The first-order chi connectivity index (χ1) is 13.4. The van der Waals surface area contributed by atoms with E-state index in [1.54, 1.807) is 0 Å². The third kappa shape index (κ3) is 2.63. The van der Waals surface area contributed by atoms with Crippen molar-refractivity contribution in [3.8, 4) is 0 Å². The Kier molecular flexibility index (Phi) is 4.12. The monoisotopic (exact) mass is 376 g/mol. The topological polar surface area (TPSA) is 28.4 Å². The van der Waals surface area contributed by atoms with E-state index in [2.05, 4.69) is 78.8 Å². The molecular weight excluding hydrogens is 344 g/mol. The number of nitrogens with zero attached hydrogens (tertiary/aromatic N) is 2. The van der Waals surface area contributed by atoms with Gasteiger partial charge in [0.15, 0.2) is 0 Å². The van der Waals surface area contributed by atoms with Crippen LogP contribution in [0.1, 0.15) is 33.6 Å². The summed E-state index contributed by atoms with van der Waals surface area (Å²) in [4.78, 5) is 2.53. The molecule has 0 amide bonds. The molecule has 0 radical (unpaired) electrons. The maximum Gasteiger partial charge on any atom is 0.0845 e. The van der Waals surface area contributed by atoms with E-state index in [4.69, 9.17) is 0 Å². The highest BCUT2D eigenvalue weighted by Crippen LogP contribution is 2.58. The molecule has 1 saturated heterocycles. The molecule has 2 aliphatic rings. The van der Waals surface area contributed by atoms with Gasteiger partial charge >= 0.3 is 0 Å². The van der Waals surface area contributed by atoms with Crippen LogP contribution in [0.25, 0.3) is 21.8 Å². The van der Waals surface area contributed by atoms with E-state index in [9.17, 15) is 5.11 Å². The third-order valence-electron chi connectivity index (χ3n) is 8.21. The van der Waals surface area contributed by atoms with Crippen LogP contribution < -0.4 is 0 Å². The van der Waals surface area contributed by atoms with Gasteiger partial charge in [-0.25, -0.2) is 0 Å². The Morgan fingerprint density at radius 1 is 0.964 bits per heavy atom. The zero-order chi connectivity index (χ0) is 19.5. The predicted octanol–water partition coefficient (Wildman–Crippen LogP) is 4.91. The zero-order valence-corrected chi connectivity index (χ0v) is 17.4. The van der Waals surface area contributed by atoms with Crippen molar-refractivity contribution < 1.29 is 5.11 Å². The van der Waals surface area contributed by atoms with Gasteiger partial charge in [-0.15, -0.1) is 0 Å². The summed E-state index contributed by atoms with van der Waals surface area (Å²) in [5.41, 5.74) is 3.23. The number of aliphatic hydroxyl groups excluding tert-OH is 1. The Hall–Kier alpha value is -1.84. The Bertz CT molecular complexity index is 966. The Morgan fingerprint density at radius 2 is 1.57 bits per heavy atom. The van der Waals surface area contributed by atoms with E-state index in [1.807, 2.05) is 0 Å². The smallest absolute Gasteiger partial charge is 0.0845 e. The fourth-order valence-electron chi connectivity index (χ4n) is 6.05. The standard InChI is InChI=1S/C25H32N2O/c1-24(2)18-12-13-25(24,3)17-26(14-18)15-19(28)16-27-22-10-6-4-8-20(22)21-9-5-7-11-23(21)27/h4-11,18-19,28H,12-17H2,1-3H3/t18-,19+,25+/m0/s1. The van der Waals surface area contributed by atoms with E-state index < -0.39 is 0 Å². The first kappa shape index (κ1) is 18.2. The lowest BCUT2D eigenvalue weighted by Gasteiger charge is -2.50. The molecule has 148 valence electrons. The van der Waals surface area contributed by atoms with Crippen molar-refractivity contribution in [2.75, 3.05) is 19.6 Å². The van der Waals surface area contributed by atoms with Gasteiger partial charge in [0.1, 0.15) is 0 Å². The van der Waals surface area contributed by atoms with E-state index in [0.717, 1.165) is 25.6 Å². The predicted molar refractivity (Wildman–Crippen MR) is 117 cm³/mol. The number of likely N-dealkylation sites (tertiary alicyclic amines) is 1. The second kappa shape index (κ2) is 6.33. The average molecular weight is 377 g/mol. The number of para-hydroxylation sites is 2. The molecule has 3 heteroatoms. The normalized spacial score (nSPS) is 28.2. The van der Waals surface area contributed by atoms with Crippen molar-refractivity contribution in [1.82, 2.24) is 9.47 Å². The molecule has 1 aliphatic carbocycles. The van der Waals surface area contributed by atoms with E-state index >= 15 is 0 Å². The number of aromatic nitrogens is 1. The van der Waals surface area contributed by atoms with Crippen molar-refractivity contribution >= 4 is 21.8 Å². The van der Waals surface area contributed by atoms with Crippen LogP contribution in [0.15, 0.2) is 48.5 Å².